The molecule has 0 radical (unpaired) electrons. The number of aryl methyl sites for hydroxylation is 1. The highest BCUT2D eigenvalue weighted by Crippen LogP contribution is 2.17. The van der Waals surface area contributed by atoms with Gasteiger partial charge in [0, 0.05) is 12.5 Å². The average molecular weight is 281 g/mol. The van der Waals surface area contributed by atoms with Crippen molar-refractivity contribution in [2.45, 2.75) is 40.3 Å². The lowest BCUT2D eigenvalue weighted by Gasteiger charge is -2.07. The van der Waals surface area contributed by atoms with E-state index in [1.807, 2.05) is 0 Å². The van der Waals surface area contributed by atoms with Crippen LogP contribution in [0.3, 0.4) is 0 Å². The van der Waals surface area contributed by atoms with Crippen LogP contribution in [0.2, 0.25) is 0 Å². The first kappa shape index (κ1) is 15.5. The number of ether oxygens (including phenoxy) is 2. The van der Waals surface area contributed by atoms with Crippen LogP contribution in [-0.4, -0.2) is 26.4 Å². The van der Waals surface area contributed by atoms with Crippen LogP contribution in [0.5, 0.6) is 0 Å². The highest BCUT2D eigenvalue weighted by molar-refractivity contribution is 5.19. The molecule has 1 aliphatic rings. The molecule has 0 bridgehead atoms. The fourth-order valence-corrected chi connectivity index (χ4v) is 2.35. The maximum absolute atomic E-state index is 5.84. The third-order valence-corrected chi connectivity index (χ3v) is 3.53. The first-order valence-corrected chi connectivity index (χ1v) is 7.59. The Balaban J connectivity index is 1.71. The Morgan fingerprint density at radius 3 is 3.00 bits per heavy atom. The molecule has 0 aliphatic carbocycles. The largest absolute Gasteiger partial charge is 0.462 e. The minimum Gasteiger partial charge on any atom is -0.462 e. The number of nitrogens with one attached hydrogen (secondary N) is 1. The highest BCUT2D eigenvalue weighted by Gasteiger charge is 2.16. The van der Waals surface area contributed by atoms with Crippen LogP contribution >= 0.6 is 0 Å². The van der Waals surface area contributed by atoms with E-state index in [0.717, 1.165) is 50.9 Å². The summed E-state index contributed by atoms with van der Waals surface area (Å²) < 4.78 is 16.9. The molecular weight excluding hydrogens is 254 g/mol. The van der Waals surface area contributed by atoms with E-state index in [1.165, 1.54) is 5.56 Å². The summed E-state index contributed by atoms with van der Waals surface area (Å²) in [5.74, 6) is 3.15. The summed E-state index contributed by atoms with van der Waals surface area (Å²) in [5.41, 5.74) is 1.20. The molecule has 1 N–H and O–H groups in total. The van der Waals surface area contributed by atoms with Crippen LogP contribution in [0, 0.1) is 18.8 Å². The maximum Gasteiger partial charge on any atom is 0.130 e. The molecule has 1 saturated heterocycles. The highest BCUT2D eigenvalue weighted by atomic mass is 16.5. The lowest BCUT2D eigenvalue weighted by molar-refractivity contribution is 0.0685. The second-order valence-corrected chi connectivity index (χ2v) is 6.09. The van der Waals surface area contributed by atoms with Crippen molar-refractivity contribution in [1.29, 1.82) is 0 Å². The van der Waals surface area contributed by atoms with E-state index in [2.05, 4.69) is 32.2 Å². The number of hydrogen-bond donors (Lipinski definition) is 1. The van der Waals surface area contributed by atoms with Gasteiger partial charge in [-0.05, 0) is 37.4 Å². The zero-order valence-corrected chi connectivity index (χ0v) is 12.9. The molecule has 0 amide bonds. The first-order chi connectivity index (χ1) is 9.65. The van der Waals surface area contributed by atoms with Crippen LogP contribution in [0.1, 0.15) is 37.4 Å². The molecule has 114 valence electrons. The van der Waals surface area contributed by atoms with Gasteiger partial charge in [0.25, 0.3) is 0 Å². The van der Waals surface area contributed by atoms with Crippen LogP contribution in [0.4, 0.5) is 0 Å². The zero-order chi connectivity index (χ0) is 14.4. The fraction of sp³-hybridized carbons (Fsp3) is 0.750. The Kier molecular flexibility index (Phi) is 6.07. The van der Waals surface area contributed by atoms with Crippen LogP contribution in [-0.2, 0) is 22.6 Å². The molecule has 1 aliphatic heterocycles. The van der Waals surface area contributed by atoms with Crippen molar-refractivity contribution in [3.8, 4) is 0 Å². The van der Waals surface area contributed by atoms with E-state index in [-0.39, 0.29) is 0 Å². The third-order valence-electron chi connectivity index (χ3n) is 3.53. The Labute approximate surface area is 121 Å². The van der Waals surface area contributed by atoms with Gasteiger partial charge < -0.3 is 19.2 Å². The van der Waals surface area contributed by atoms with Crippen LogP contribution < -0.4 is 5.32 Å². The van der Waals surface area contributed by atoms with Crippen LogP contribution in [0.15, 0.2) is 10.5 Å². The van der Waals surface area contributed by atoms with Crippen molar-refractivity contribution in [3.63, 3.8) is 0 Å². The molecule has 1 aromatic heterocycles. The van der Waals surface area contributed by atoms with E-state index >= 15 is 0 Å². The number of furan rings is 1. The van der Waals surface area contributed by atoms with Crippen LogP contribution in [0.25, 0.3) is 0 Å². The van der Waals surface area contributed by atoms with Crippen molar-refractivity contribution >= 4 is 0 Å². The Hall–Kier alpha value is -0.840. The maximum atomic E-state index is 5.84. The van der Waals surface area contributed by atoms with Gasteiger partial charge in [0.05, 0.1) is 19.8 Å². The summed E-state index contributed by atoms with van der Waals surface area (Å²) >= 11 is 0. The quantitative estimate of drug-likeness (QED) is 0.795. The lowest BCUT2D eigenvalue weighted by Crippen LogP contribution is -2.18. The molecule has 2 rings (SSSR count). The van der Waals surface area contributed by atoms with Gasteiger partial charge in [0.15, 0.2) is 0 Å². The van der Waals surface area contributed by atoms with Crippen molar-refractivity contribution in [1.82, 2.24) is 5.32 Å². The minimum absolute atomic E-state index is 0.554. The van der Waals surface area contributed by atoms with Crippen molar-refractivity contribution in [2.75, 3.05) is 26.4 Å². The van der Waals surface area contributed by atoms with Gasteiger partial charge in [0.1, 0.15) is 18.1 Å². The van der Waals surface area contributed by atoms with Gasteiger partial charge in [0.2, 0.25) is 0 Å². The summed E-state index contributed by atoms with van der Waals surface area (Å²) in [4.78, 5) is 0. The topological polar surface area (TPSA) is 43.6 Å². The molecule has 1 aromatic rings. The molecule has 1 fully saturated rings. The van der Waals surface area contributed by atoms with Gasteiger partial charge in [-0.25, -0.2) is 0 Å². The zero-order valence-electron chi connectivity index (χ0n) is 12.9. The summed E-state index contributed by atoms with van der Waals surface area (Å²) in [5, 5.41) is 3.41. The molecule has 2 heterocycles. The standard InChI is InChI=1S/C16H27NO3/c1-12(2)7-17-8-16-13(3)6-15(20-16)11-19-10-14-4-5-18-9-14/h6,12,14,17H,4-5,7-11H2,1-3H3. The van der Waals surface area contributed by atoms with Gasteiger partial charge in [-0.15, -0.1) is 0 Å². The molecule has 4 nitrogen and oxygen atoms in total. The summed E-state index contributed by atoms with van der Waals surface area (Å²) in [6, 6.07) is 2.08. The molecule has 4 heteroatoms. The lowest BCUT2D eigenvalue weighted by atomic mass is 10.1. The monoisotopic (exact) mass is 281 g/mol. The van der Waals surface area contributed by atoms with Crippen molar-refractivity contribution in [2.24, 2.45) is 11.8 Å². The van der Waals surface area contributed by atoms with Gasteiger partial charge >= 0.3 is 0 Å². The predicted molar refractivity (Wildman–Crippen MR) is 78.6 cm³/mol. The SMILES string of the molecule is Cc1cc(COCC2CCOC2)oc1CNCC(C)C. The Morgan fingerprint density at radius 2 is 2.30 bits per heavy atom. The summed E-state index contributed by atoms with van der Waals surface area (Å²) in [6.45, 7) is 11.3. The first-order valence-electron chi connectivity index (χ1n) is 7.59. The van der Waals surface area contributed by atoms with Crippen molar-refractivity contribution in [3.05, 3.63) is 23.2 Å². The van der Waals surface area contributed by atoms with Gasteiger partial charge in [-0.3, -0.25) is 0 Å². The van der Waals surface area contributed by atoms with E-state index in [4.69, 9.17) is 13.9 Å². The van der Waals surface area contributed by atoms with Crippen molar-refractivity contribution < 1.29 is 13.9 Å². The molecule has 1 unspecified atom stereocenters. The molecule has 1 atom stereocenters. The molecule has 0 spiro atoms. The number of rotatable bonds is 8. The summed E-state index contributed by atoms with van der Waals surface area (Å²) in [7, 11) is 0. The Bertz CT molecular complexity index is 394. The average Bonchev–Trinajstić information content (AvgIpc) is 3.00. The second kappa shape index (κ2) is 7.81. The smallest absolute Gasteiger partial charge is 0.130 e. The van der Waals surface area contributed by atoms with E-state index in [0.29, 0.717) is 18.4 Å². The Morgan fingerprint density at radius 1 is 1.45 bits per heavy atom. The van der Waals surface area contributed by atoms with Gasteiger partial charge in [-0.2, -0.15) is 0 Å². The second-order valence-electron chi connectivity index (χ2n) is 6.09. The van der Waals surface area contributed by atoms with E-state index in [1.54, 1.807) is 0 Å². The number of hydrogen-bond acceptors (Lipinski definition) is 4. The predicted octanol–water partition coefficient (Wildman–Crippen LogP) is 2.89. The minimum atomic E-state index is 0.554. The summed E-state index contributed by atoms with van der Waals surface area (Å²) in [6.07, 6.45) is 1.11. The molecule has 0 aromatic carbocycles. The molecule has 0 saturated carbocycles. The molecular formula is C16H27NO3. The third kappa shape index (κ3) is 4.93. The van der Waals surface area contributed by atoms with E-state index in [9.17, 15) is 0 Å². The van der Waals surface area contributed by atoms with Gasteiger partial charge in [-0.1, -0.05) is 13.8 Å². The fourth-order valence-electron chi connectivity index (χ4n) is 2.35. The van der Waals surface area contributed by atoms with E-state index < -0.39 is 0 Å². The normalized spacial score (nSPS) is 19.1. The molecule has 20 heavy (non-hydrogen) atoms.